The van der Waals surface area contributed by atoms with E-state index in [4.69, 9.17) is 4.98 Å². The van der Waals surface area contributed by atoms with Crippen molar-refractivity contribution >= 4 is 0 Å². The van der Waals surface area contributed by atoms with E-state index in [1.807, 2.05) is 0 Å². The number of pyridine rings is 1. The van der Waals surface area contributed by atoms with Gasteiger partial charge in [-0.15, -0.1) is 0 Å². The molecule has 1 heterocycles. The third-order valence-corrected chi connectivity index (χ3v) is 5.65. The summed E-state index contributed by atoms with van der Waals surface area (Å²) in [7, 11) is 0. The van der Waals surface area contributed by atoms with Gasteiger partial charge in [-0.2, -0.15) is 0 Å². The highest BCUT2D eigenvalue weighted by molar-refractivity contribution is 5.17. The Bertz CT molecular complexity index is 400. The van der Waals surface area contributed by atoms with Crippen LogP contribution in [0.25, 0.3) is 0 Å². The number of hydrogen-bond donors (Lipinski definition) is 0. The van der Waals surface area contributed by atoms with Crippen LogP contribution < -0.4 is 0 Å². The third kappa shape index (κ3) is 6.65. The van der Waals surface area contributed by atoms with E-state index >= 15 is 0 Å². The zero-order valence-corrected chi connectivity index (χ0v) is 15.5. The van der Waals surface area contributed by atoms with Crippen LogP contribution in [0.3, 0.4) is 0 Å². The largest absolute Gasteiger partial charge is 0.261 e. The van der Waals surface area contributed by atoms with Crippen LogP contribution in [-0.4, -0.2) is 4.98 Å². The van der Waals surface area contributed by atoms with Gasteiger partial charge in [0.25, 0.3) is 0 Å². The van der Waals surface area contributed by atoms with Crippen LogP contribution >= 0.6 is 0 Å². The Morgan fingerprint density at radius 1 is 0.870 bits per heavy atom. The van der Waals surface area contributed by atoms with Crippen molar-refractivity contribution in [2.75, 3.05) is 0 Å². The van der Waals surface area contributed by atoms with Gasteiger partial charge in [0.2, 0.25) is 0 Å². The average molecular weight is 316 g/mol. The normalized spacial score (nSPS) is 21.5. The maximum absolute atomic E-state index is 4.79. The molecule has 0 bridgehead atoms. The number of unbranched alkanes of at least 4 members (excludes halogenated alkanes) is 5. The minimum Gasteiger partial charge on any atom is -0.261 e. The molecule has 0 atom stereocenters. The summed E-state index contributed by atoms with van der Waals surface area (Å²) in [5.41, 5.74) is 2.78. The topological polar surface area (TPSA) is 12.9 Å². The Morgan fingerprint density at radius 2 is 1.61 bits per heavy atom. The molecule has 0 N–H and O–H groups in total. The lowest BCUT2D eigenvalue weighted by molar-refractivity contribution is 0.299. The molecule has 0 aliphatic heterocycles. The van der Waals surface area contributed by atoms with E-state index in [9.17, 15) is 0 Å². The summed E-state index contributed by atoms with van der Waals surface area (Å²) in [5.74, 6) is 1.73. The summed E-state index contributed by atoms with van der Waals surface area (Å²) in [5, 5.41) is 0. The van der Waals surface area contributed by atoms with Gasteiger partial charge in [-0.1, -0.05) is 64.9 Å². The fourth-order valence-corrected chi connectivity index (χ4v) is 4.01. The van der Waals surface area contributed by atoms with Crippen LogP contribution in [0.4, 0.5) is 0 Å². The fraction of sp³-hybridized carbons (Fsp3) is 0.773. The first-order valence-corrected chi connectivity index (χ1v) is 10.3. The summed E-state index contributed by atoms with van der Waals surface area (Å²) in [4.78, 5) is 4.79. The van der Waals surface area contributed by atoms with Crippen molar-refractivity contribution in [2.45, 2.75) is 103 Å². The fourth-order valence-electron chi connectivity index (χ4n) is 4.01. The van der Waals surface area contributed by atoms with Gasteiger partial charge in [-0.25, -0.2) is 0 Å². The van der Waals surface area contributed by atoms with Crippen molar-refractivity contribution in [3.8, 4) is 0 Å². The first kappa shape index (κ1) is 18.5. The Morgan fingerprint density at radius 3 is 2.26 bits per heavy atom. The average Bonchev–Trinajstić information content (AvgIpc) is 2.60. The summed E-state index contributed by atoms with van der Waals surface area (Å²) in [6.07, 6.45) is 20.0. The molecule has 1 nitrogen and oxygen atoms in total. The molecular weight excluding hydrogens is 278 g/mol. The first-order valence-electron chi connectivity index (χ1n) is 10.3. The smallest absolute Gasteiger partial charge is 0.0434 e. The maximum atomic E-state index is 4.79. The second-order valence-corrected chi connectivity index (χ2v) is 7.62. The van der Waals surface area contributed by atoms with Crippen LogP contribution in [-0.2, 0) is 6.42 Å². The number of rotatable bonds is 10. The van der Waals surface area contributed by atoms with E-state index in [2.05, 4.69) is 32.2 Å². The first-order chi connectivity index (χ1) is 11.3. The summed E-state index contributed by atoms with van der Waals surface area (Å²) in [6.45, 7) is 4.56. The highest BCUT2D eigenvalue weighted by Gasteiger charge is 2.22. The molecule has 1 aliphatic carbocycles. The highest BCUT2D eigenvalue weighted by atomic mass is 14.7. The van der Waals surface area contributed by atoms with Gasteiger partial charge in [0.05, 0.1) is 0 Å². The Hall–Kier alpha value is -0.850. The third-order valence-electron chi connectivity index (χ3n) is 5.65. The molecule has 0 aromatic carbocycles. The van der Waals surface area contributed by atoms with E-state index < -0.39 is 0 Å². The zero-order chi connectivity index (χ0) is 16.3. The Balaban J connectivity index is 1.70. The molecular formula is C22H37N. The molecule has 0 saturated heterocycles. The molecule has 0 amide bonds. The number of nitrogens with zero attached hydrogens (tertiary/aromatic N) is 1. The lowest BCUT2D eigenvalue weighted by atomic mass is 9.78. The van der Waals surface area contributed by atoms with Crippen molar-refractivity contribution in [1.29, 1.82) is 0 Å². The molecule has 2 rings (SSSR count). The number of hydrogen-bond acceptors (Lipinski definition) is 1. The van der Waals surface area contributed by atoms with Gasteiger partial charge >= 0.3 is 0 Å². The standard InChI is InChI=1S/C22H37N/c1-3-5-7-9-10-19-12-15-21(16-13-19)22-17-14-20(18-23-22)11-8-6-4-2/h14,17-19,21H,3-13,15-16H2,1-2H3. The van der Waals surface area contributed by atoms with Crippen LogP contribution in [0.1, 0.15) is 108 Å². The molecule has 130 valence electrons. The second-order valence-electron chi connectivity index (χ2n) is 7.62. The molecule has 1 aromatic rings. The SMILES string of the molecule is CCCCCCC1CCC(c2ccc(CCCCC)cn2)CC1. The van der Waals surface area contributed by atoms with Crippen LogP contribution in [0.5, 0.6) is 0 Å². The van der Waals surface area contributed by atoms with Crippen molar-refractivity contribution in [3.63, 3.8) is 0 Å². The van der Waals surface area contributed by atoms with E-state index in [1.54, 1.807) is 0 Å². The highest BCUT2D eigenvalue weighted by Crippen LogP contribution is 2.37. The lowest BCUT2D eigenvalue weighted by Crippen LogP contribution is -2.14. The van der Waals surface area contributed by atoms with E-state index in [-0.39, 0.29) is 0 Å². The van der Waals surface area contributed by atoms with Gasteiger partial charge in [-0.3, -0.25) is 4.98 Å². The van der Waals surface area contributed by atoms with Crippen molar-refractivity contribution in [3.05, 3.63) is 29.6 Å². The zero-order valence-electron chi connectivity index (χ0n) is 15.5. The summed E-state index contributed by atoms with van der Waals surface area (Å²) in [6, 6.07) is 4.64. The molecule has 0 spiro atoms. The minimum atomic E-state index is 0.728. The molecule has 0 radical (unpaired) electrons. The Kier molecular flexibility index (Phi) is 8.71. The van der Waals surface area contributed by atoms with E-state index in [1.165, 1.54) is 94.7 Å². The predicted molar refractivity (Wildman–Crippen MR) is 101 cm³/mol. The van der Waals surface area contributed by atoms with Crippen molar-refractivity contribution < 1.29 is 0 Å². The van der Waals surface area contributed by atoms with Gasteiger partial charge in [-0.05, 0) is 56.1 Å². The van der Waals surface area contributed by atoms with Gasteiger partial charge in [0.15, 0.2) is 0 Å². The van der Waals surface area contributed by atoms with Gasteiger partial charge in [0.1, 0.15) is 0 Å². The van der Waals surface area contributed by atoms with Gasteiger partial charge in [0, 0.05) is 17.8 Å². The van der Waals surface area contributed by atoms with E-state index in [0.717, 1.165) is 11.8 Å². The molecule has 1 saturated carbocycles. The molecule has 23 heavy (non-hydrogen) atoms. The van der Waals surface area contributed by atoms with Crippen molar-refractivity contribution in [2.24, 2.45) is 5.92 Å². The number of aryl methyl sites for hydroxylation is 1. The van der Waals surface area contributed by atoms with Gasteiger partial charge < -0.3 is 0 Å². The molecule has 1 heteroatoms. The second kappa shape index (κ2) is 10.8. The molecule has 1 aromatic heterocycles. The molecule has 1 aliphatic rings. The summed E-state index contributed by atoms with van der Waals surface area (Å²) >= 11 is 0. The maximum Gasteiger partial charge on any atom is 0.0434 e. The van der Waals surface area contributed by atoms with Crippen LogP contribution in [0, 0.1) is 5.92 Å². The Labute approximate surface area is 144 Å². The van der Waals surface area contributed by atoms with Crippen LogP contribution in [0.2, 0.25) is 0 Å². The van der Waals surface area contributed by atoms with Crippen LogP contribution in [0.15, 0.2) is 18.3 Å². The van der Waals surface area contributed by atoms with E-state index in [0.29, 0.717) is 0 Å². The lowest BCUT2D eigenvalue weighted by Gasteiger charge is -2.28. The monoisotopic (exact) mass is 315 g/mol. The molecule has 0 unspecified atom stereocenters. The summed E-state index contributed by atoms with van der Waals surface area (Å²) < 4.78 is 0. The predicted octanol–water partition coefficient (Wildman–Crippen LogP) is 7.06. The quantitative estimate of drug-likeness (QED) is 0.421. The molecule has 1 fully saturated rings. The minimum absolute atomic E-state index is 0.728. The number of aromatic nitrogens is 1. The van der Waals surface area contributed by atoms with Crippen molar-refractivity contribution in [1.82, 2.24) is 4.98 Å².